The smallest absolute Gasteiger partial charge is 0.379 e. The first-order valence-electron chi connectivity index (χ1n) is 8.93. The molecule has 1 heterocycles. The number of carbonyl (C=O) groups excluding carboxylic acids is 3. The van der Waals surface area contributed by atoms with Gasteiger partial charge in [-0.2, -0.15) is 0 Å². The molecule has 0 aliphatic carbocycles. The molecule has 1 aliphatic heterocycles. The summed E-state index contributed by atoms with van der Waals surface area (Å²) in [6.45, 7) is 3.65. The van der Waals surface area contributed by atoms with Crippen molar-refractivity contribution in [3.63, 3.8) is 0 Å². The van der Waals surface area contributed by atoms with Crippen LogP contribution in [-0.2, 0) is 20.7 Å². The first kappa shape index (κ1) is 19.7. The van der Waals surface area contributed by atoms with Crippen LogP contribution in [0.3, 0.4) is 0 Å². The second-order valence-electron chi connectivity index (χ2n) is 6.15. The van der Waals surface area contributed by atoms with Crippen LogP contribution in [0.5, 0.6) is 11.5 Å². The average molecular weight is 384 g/mol. The molecular formula is C21H20O7. The molecule has 2 aromatic carbocycles. The summed E-state index contributed by atoms with van der Waals surface area (Å²) >= 11 is 0. The van der Waals surface area contributed by atoms with Crippen LogP contribution in [0.25, 0.3) is 0 Å². The normalized spacial score (nSPS) is 13.0. The third-order valence-electron chi connectivity index (χ3n) is 4.28. The van der Waals surface area contributed by atoms with Crippen molar-refractivity contribution >= 4 is 17.5 Å². The number of aliphatic hydroxyl groups excluding tert-OH is 1. The molecule has 2 aromatic rings. The zero-order valence-corrected chi connectivity index (χ0v) is 15.6. The van der Waals surface area contributed by atoms with Crippen molar-refractivity contribution < 1.29 is 33.7 Å². The van der Waals surface area contributed by atoms with E-state index < -0.39 is 23.8 Å². The van der Waals surface area contributed by atoms with Gasteiger partial charge in [-0.25, -0.2) is 4.79 Å². The molecule has 0 saturated carbocycles. The fourth-order valence-corrected chi connectivity index (χ4v) is 2.94. The van der Waals surface area contributed by atoms with Crippen LogP contribution in [0.2, 0.25) is 0 Å². The Labute approximate surface area is 161 Å². The predicted molar refractivity (Wildman–Crippen MR) is 98.7 cm³/mol. The van der Waals surface area contributed by atoms with Gasteiger partial charge in [-0.15, -0.1) is 0 Å². The zero-order valence-electron chi connectivity index (χ0n) is 15.6. The van der Waals surface area contributed by atoms with E-state index in [9.17, 15) is 19.5 Å². The van der Waals surface area contributed by atoms with Gasteiger partial charge in [0.05, 0.1) is 6.61 Å². The van der Waals surface area contributed by atoms with Gasteiger partial charge in [0.15, 0.2) is 0 Å². The third kappa shape index (κ3) is 3.95. The molecule has 1 N–H and O–H groups in total. The zero-order chi connectivity index (χ0) is 20.3. The Kier molecular flexibility index (Phi) is 5.87. The summed E-state index contributed by atoms with van der Waals surface area (Å²) in [7, 11) is 0. The van der Waals surface area contributed by atoms with E-state index in [1.54, 1.807) is 44.2 Å². The SMILES string of the molecule is CCOC(=O)C(=O)c1ccc2c(c1)Cc1cc(C(=O)C(O)OCC)ccc1O2. The fourth-order valence-electron chi connectivity index (χ4n) is 2.94. The van der Waals surface area contributed by atoms with Crippen molar-refractivity contribution in [3.8, 4) is 11.5 Å². The van der Waals surface area contributed by atoms with Crippen LogP contribution in [0.4, 0.5) is 0 Å². The fraction of sp³-hybridized carbons (Fsp3) is 0.286. The number of aliphatic hydroxyl groups is 1. The van der Waals surface area contributed by atoms with E-state index in [0.29, 0.717) is 29.0 Å². The quantitative estimate of drug-likeness (QED) is 0.289. The topological polar surface area (TPSA) is 99.1 Å². The molecule has 7 nitrogen and oxygen atoms in total. The van der Waals surface area contributed by atoms with Gasteiger partial charge in [0.2, 0.25) is 12.1 Å². The minimum atomic E-state index is -1.52. The van der Waals surface area contributed by atoms with Gasteiger partial charge in [-0.3, -0.25) is 9.59 Å². The molecule has 3 rings (SSSR count). The molecule has 28 heavy (non-hydrogen) atoms. The number of ketones is 2. The van der Waals surface area contributed by atoms with Gasteiger partial charge in [0, 0.05) is 35.3 Å². The number of Topliss-reactive ketones (excluding diaryl/α,β-unsaturated/α-hetero) is 2. The minimum absolute atomic E-state index is 0.121. The summed E-state index contributed by atoms with van der Waals surface area (Å²) in [6.07, 6.45) is -1.12. The van der Waals surface area contributed by atoms with Crippen LogP contribution < -0.4 is 4.74 Å². The molecule has 1 atom stereocenters. The Hall–Kier alpha value is -3.03. The summed E-state index contributed by atoms with van der Waals surface area (Å²) < 4.78 is 15.5. The maximum Gasteiger partial charge on any atom is 0.379 e. The monoisotopic (exact) mass is 384 g/mol. The van der Waals surface area contributed by atoms with Crippen molar-refractivity contribution in [2.75, 3.05) is 13.2 Å². The molecule has 146 valence electrons. The van der Waals surface area contributed by atoms with Crippen LogP contribution >= 0.6 is 0 Å². The van der Waals surface area contributed by atoms with Gasteiger partial charge in [0.25, 0.3) is 5.78 Å². The van der Waals surface area contributed by atoms with Crippen molar-refractivity contribution in [2.24, 2.45) is 0 Å². The Morgan fingerprint density at radius 1 is 1.00 bits per heavy atom. The number of benzene rings is 2. The van der Waals surface area contributed by atoms with E-state index in [4.69, 9.17) is 14.2 Å². The number of carbonyl (C=O) groups is 3. The maximum absolute atomic E-state index is 12.2. The van der Waals surface area contributed by atoms with E-state index in [1.165, 1.54) is 6.07 Å². The molecule has 1 unspecified atom stereocenters. The highest BCUT2D eigenvalue weighted by molar-refractivity contribution is 6.40. The molecule has 0 fully saturated rings. The molecule has 1 aliphatic rings. The highest BCUT2D eigenvalue weighted by Gasteiger charge is 2.24. The molecule has 0 spiro atoms. The van der Waals surface area contributed by atoms with Crippen LogP contribution in [0.1, 0.15) is 45.7 Å². The Morgan fingerprint density at radius 3 is 2.21 bits per heavy atom. The predicted octanol–water partition coefficient (Wildman–Crippen LogP) is 2.67. The highest BCUT2D eigenvalue weighted by Crippen LogP contribution is 2.37. The summed E-state index contributed by atoms with van der Waals surface area (Å²) in [6, 6.07) is 9.57. The Bertz CT molecular complexity index is 932. The first-order chi connectivity index (χ1) is 13.4. The number of hydrogen-bond acceptors (Lipinski definition) is 7. The van der Waals surface area contributed by atoms with Gasteiger partial charge in [-0.05, 0) is 50.2 Å². The summed E-state index contributed by atoms with van der Waals surface area (Å²) in [5.41, 5.74) is 1.94. The van der Waals surface area contributed by atoms with Crippen molar-refractivity contribution in [2.45, 2.75) is 26.6 Å². The van der Waals surface area contributed by atoms with Gasteiger partial charge >= 0.3 is 5.97 Å². The van der Waals surface area contributed by atoms with Gasteiger partial charge in [0.1, 0.15) is 11.5 Å². The van der Waals surface area contributed by atoms with E-state index in [0.717, 1.165) is 5.56 Å². The van der Waals surface area contributed by atoms with E-state index in [-0.39, 0.29) is 18.8 Å². The van der Waals surface area contributed by atoms with Crippen molar-refractivity contribution in [3.05, 3.63) is 58.7 Å². The molecule has 0 aromatic heterocycles. The van der Waals surface area contributed by atoms with Gasteiger partial charge in [-0.1, -0.05) is 0 Å². The molecule has 0 radical (unpaired) electrons. The maximum atomic E-state index is 12.2. The van der Waals surface area contributed by atoms with Gasteiger partial charge < -0.3 is 19.3 Å². The molecule has 0 amide bonds. The Balaban J connectivity index is 1.85. The lowest BCUT2D eigenvalue weighted by atomic mass is 9.95. The summed E-state index contributed by atoms with van der Waals surface area (Å²) in [4.78, 5) is 36.0. The van der Waals surface area contributed by atoms with Crippen molar-refractivity contribution in [1.29, 1.82) is 0 Å². The summed E-state index contributed by atoms with van der Waals surface area (Å²) in [5, 5.41) is 9.74. The van der Waals surface area contributed by atoms with Crippen molar-refractivity contribution in [1.82, 2.24) is 0 Å². The molecule has 7 heteroatoms. The number of esters is 1. The molecule has 0 saturated heterocycles. The number of rotatable bonds is 7. The standard InChI is InChI=1S/C21H20O7/c1-3-26-20(24)18(22)12-5-7-16-14(9-12)11-15-10-13(6-8-17(15)28-16)19(23)21(25)27-4-2/h5-10,20,24H,3-4,11H2,1-2H3. The van der Waals surface area contributed by atoms with E-state index in [1.807, 2.05) is 0 Å². The average Bonchev–Trinajstić information content (AvgIpc) is 2.70. The molecular weight excluding hydrogens is 364 g/mol. The number of ether oxygens (including phenoxy) is 3. The third-order valence-corrected chi connectivity index (χ3v) is 4.28. The van der Waals surface area contributed by atoms with Crippen LogP contribution in [-0.4, -0.2) is 42.1 Å². The second kappa shape index (κ2) is 8.33. The van der Waals surface area contributed by atoms with E-state index in [2.05, 4.69) is 0 Å². The summed E-state index contributed by atoms with van der Waals surface area (Å²) in [5.74, 6) is -1.01. The lowest BCUT2D eigenvalue weighted by Crippen LogP contribution is -2.24. The lowest BCUT2D eigenvalue weighted by Gasteiger charge is -2.21. The second-order valence-corrected chi connectivity index (χ2v) is 6.15. The van der Waals surface area contributed by atoms with E-state index >= 15 is 0 Å². The first-order valence-corrected chi connectivity index (χ1v) is 8.93. The molecule has 0 bridgehead atoms. The lowest BCUT2D eigenvalue weighted by molar-refractivity contribution is -0.137. The largest absolute Gasteiger partial charge is 0.460 e. The number of hydrogen-bond donors (Lipinski definition) is 1. The van der Waals surface area contributed by atoms with Crippen LogP contribution in [0, 0.1) is 0 Å². The Morgan fingerprint density at radius 2 is 1.61 bits per heavy atom. The highest BCUT2D eigenvalue weighted by atomic mass is 16.6. The minimum Gasteiger partial charge on any atom is -0.460 e. The number of fused-ring (bicyclic) bond motifs is 2. The van der Waals surface area contributed by atoms with Crippen LogP contribution in [0.15, 0.2) is 36.4 Å².